The summed E-state index contributed by atoms with van der Waals surface area (Å²) in [6.45, 7) is 8.03. The number of hydrogen-bond acceptors (Lipinski definition) is 2. The van der Waals surface area contributed by atoms with E-state index in [2.05, 4.69) is 17.6 Å². The molecule has 0 spiro atoms. The maximum Gasteiger partial charge on any atom is 0.315 e. The van der Waals surface area contributed by atoms with Gasteiger partial charge in [-0.15, -0.1) is 0 Å². The lowest BCUT2D eigenvalue weighted by molar-refractivity contribution is -0.138. The van der Waals surface area contributed by atoms with Crippen molar-refractivity contribution in [2.75, 3.05) is 0 Å². The maximum absolute atomic E-state index is 12.1. The molecule has 2 amide bonds. The molecule has 21 heavy (non-hydrogen) atoms. The van der Waals surface area contributed by atoms with E-state index >= 15 is 0 Å². The van der Waals surface area contributed by atoms with E-state index in [0.717, 1.165) is 18.8 Å². The van der Waals surface area contributed by atoms with Crippen LogP contribution in [0.5, 0.6) is 0 Å². The van der Waals surface area contributed by atoms with Crippen molar-refractivity contribution in [3.05, 3.63) is 0 Å². The molecular formula is C16H30N2O3. The van der Waals surface area contributed by atoms with Gasteiger partial charge in [-0.3, -0.25) is 4.79 Å². The highest BCUT2D eigenvalue weighted by molar-refractivity contribution is 5.76. The Kier molecular flexibility index (Phi) is 6.49. The summed E-state index contributed by atoms with van der Waals surface area (Å²) in [6, 6.07) is -0.392. The van der Waals surface area contributed by atoms with Crippen molar-refractivity contribution >= 4 is 12.0 Å². The lowest BCUT2D eigenvalue weighted by atomic mass is 9.84. The Balaban J connectivity index is 2.45. The van der Waals surface area contributed by atoms with Crippen molar-refractivity contribution in [3.8, 4) is 0 Å². The fourth-order valence-electron chi connectivity index (χ4n) is 2.85. The van der Waals surface area contributed by atoms with E-state index in [1.807, 2.05) is 20.8 Å². The van der Waals surface area contributed by atoms with Crippen LogP contribution in [-0.2, 0) is 4.79 Å². The summed E-state index contributed by atoms with van der Waals surface area (Å²) >= 11 is 0. The van der Waals surface area contributed by atoms with Crippen molar-refractivity contribution in [2.45, 2.75) is 78.3 Å². The number of hydrogen-bond donors (Lipinski definition) is 3. The minimum Gasteiger partial charge on any atom is -0.481 e. The van der Waals surface area contributed by atoms with Crippen molar-refractivity contribution < 1.29 is 14.7 Å². The van der Waals surface area contributed by atoms with Gasteiger partial charge in [0.15, 0.2) is 0 Å². The summed E-state index contributed by atoms with van der Waals surface area (Å²) in [5.74, 6) is -0.0980. The number of urea groups is 1. The van der Waals surface area contributed by atoms with Gasteiger partial charge in [0.25, 0.3) is 0 Å². The lowest BCUT2D eigenvalue weighted by Gasteiger charge is -2.32. The molecule has 1 unspecified atom stereocenters. The van der Waals surface area contributed by atoms with Crippen LogP contribution >= 0.6 is 0 Å². The molecule has 1 aliphatic carbocycles. The van der Waals surface area contributed by atoms with Crippen molar-refractivity contribution in [1.82, 2.24) is 10.6 Å². The first-order valence-electron chi connectivity index (χ1n) is 8.01. The molecule has 122 valence electrons. The van der Waals surface area contributed by atoms with Crippen LogP contribution in [0.25, 0.3) is 0 Å². The van der Waals surface area contributed by atoms with Crippen LogP contribution < -0.4 is 10.6 Å². The molecule has 0 aromatic heterocycles. The number of carboxylic acids is 1. The fourth-order valence-corrected chi connectivity index (χ4v) is 2.85. The van der Waals surface area contributed by atoms with Gasteiger partial charge in [-0.25, -0.2) is 4.79 Å². The number of aliphatic carboxylic acids is 1. The second-order valence-corrected chi connectivity index (χ2v) is 7.26. The van der Waals surface area contributed by atoms with Gasteiger partial charge in [-0.05, 0) is 37.0 Å². The second-order valence-electron chi connectivity index (χ2n) is 7.26. The predicted octanol–water partition coefficient (Wildman–Crippen LogP) is 3.14. The van der Waals surface area contributed by atoms with E-state index in [1.165, 1.54) is 19.3 Å². The van der Waals surface area contributed by atoms with E-state index in [4.69, 9.17) is 5.11 Å². The third-order valence-electron chi connectivity index (χ3n) is 4.49. The molecule has 1 rings (SSSR count). The largest absolute Gasteiger partial charge is 0.481 e. The Labute approximate surface area is 127 Å². The molecule has 0 radical (unpaired) electrons. The number of nitrogens with one attached hydrogen (secondary N) is 2. The van der Waals surface area contributed by atoms with Gasteiger partial charge >= 0.3 is 12.0 Å². The van der Waals surface area contributed by atoms with Crippen LogP contribution in [0.2, 0.25) is 0 Å². The van der Waals surface area contributed by atoms with Crippen LogP contribution in [0.4, 0.5) is 4.79 Å². The topological polar surface area (TPSA) is 78.4 Å². The molecule has 0 aromatic carbocycles. The zero-order chi connectivity index (χ0) is 16.0. The van der Waals surface area contributed by atoms with E-state index in [9.17, 15) is 9.59 Å². The van der Waals surface area contributed by atoms with Crippen LogP contribution in [-0.4, -0.2) is 29.2 Å². The summed E-state index contributed by atoms with van der Waals surface area (Å²) in [4.78, 5) is 23.0. The minimum absolute atomic E-state index is 0.0561. The van der Waals surface area contributed by atoms with Gasteiger partial charge in [0, 0.05) is 12.1 Å². The first kappa shape index (κ1) is 17.8. The molecule has 1 aliphatic rings. The Morgan fingerprint density at radius 1 is 1.19 bits per heavy atom. The van der Waals surface area contributed by atoms with Gasteiger partial charge in [0.2, 0.25) is 0 Å². The Hall–Kier alpha value is -1.26. The van der Waals surface area contributed by atoms with Crippen molar-refractivity contribution in [2.24, 2.45) is 11.3 Å². The van der Waals surface area contributed by atoms with Gasteiger partial charge in [-0.1, -0.05) is 34.1 Å². The SMILES string of the molecule is CCC1CCC(NC(=O)NC(CC(=O)O)C(C)(C)C)CC1. The van der Waals surface area contributed by atoms with Crippen molar-refractivity contribution in [3.63, 3.8) is 0 Å². The Morgan fingerprint density at radius 2 is 1.76 bits per heavy atom. The molecule has 1 atom stereocenters. The average Bonchev–Trinajstić information content (AvgIpc) is 2.37. The minimum atomic E-state index is -0.890. The van der Waals surface area contributed by atoms with Gasteiger partial charge in [0.05, 0.1) is 6.42 Å². The standard InChI is InChI=1S/C16H30N2O3/c1-5-11-6-8-12(9-7-11)17-15(21)18-13(10-14(19)20)16(2,3)4/h11-13H,5-10H2,1-4H3,(H,19,20)(H2,17,18,21). The second kappa shape index (κ2) is 7.66. The van der Waals surface area contributed by atoms with E-state index in [1.54, 1.807) is 0 Å². The molecule has 3 N–H and O–H groups in total. The van der Waals surface area contributed by atoms with E-state index in [0.29, 0.717) is 0 Å². The molecule has 5 heteroatoms. The number of amides is 2. The quantitative estimate of drug-likeness (QED) is 0.729. The average molecular weight is 298 g/mol. The lowest BCUT2D eigenvalue weighted by Crippen LogP contribution is -2.51. The fraction of sp³-hybridized carbons (Fsp3) is 0.875. The predicted molar refractivity (Wildman–Crippen MR) is 83.2 cm³/mol. The maximum atomic E-state index is 12.1. The smallest absolute Gasteiger partial charge is 0.315 e. The highest BCUT2D eigenvalue weighted by Crippen LogP contribution is 2.26. The van der Waals surface area contributed by atoms with Crippen LogP contribution in [0.3, 0.4) is 0 Å². The third kappa shape index (κ3) is 6.36. The summed E-state index contributed by atoms with van der Waals surface area (Å²) in [5.41, 5.74) is -0.282. The molecule has 1 saturated carbocycles. The number of carboxylic acid groups (broad SMARTS) is 1. The highest BCUT2D eigenvalue weighted by atomic mass is 16.4. The van der Waals surface area contributed by atoms with E-state index in [-0.39, 0.29) is 30.0 Å². The molecule has 0 aliphatic heterocycles. The van der Waals surface area contributed by atoms with Crippen LogP contribution in [0.1, 0.15) is 66.2 Å². The first-order valence-corrected chi connectivity index (χ1v) is 8.01. The van der Waals surface area contributed by atoms with Crippen molar-refractivity contribution in [1.29, 1.82) is 0 Å². The molecular weight excluding hydrogens is 268 g/mol. The van der Waals surface area contributed by atoms with Crippen LogP contribution in [0, 0.1) is 11.3 Å². The number of rotatable bonds is 5. The summed E-state index contributed by atoms with van der Waals surface area (Å²) in [5, 5.41) is 14.8. The van der Waals surface area contributed by atoms with Gasteiger partial charge in [-0.2, -0.15) is 0 Å². The molecule has 0 heterocycles. The summed E-state index contributed by atoms with van der Waals surface area (Å²) in [7, 11) is 0. The number of carbonyl (C=O) groups excluding carboxylic acids is 1. The molecule has 5 nitrogen and oxygen atoms in total. The highest BCUT2D eigenvalue weighted by Gasteiger charge is 2.29. The molecule has 0 bridgehead atoms. The Bertz CT molecular complexity index is 355. The molecule has 1 fully saturated rings. The molecule has 0 aromatic rings. The monoisotopic (exact) mass is 298 g/mol. The zero-order valence-electron chi connectivity index (χ0n) is 13.7. The van der Waals surface area contributed by atoms with E-state index < -0.39 is 5.97 Å². The number of carbonyl (C=O) groups is 2. The third-order valence-corrected chi connectivity index (χ3v) is 4.49. The molecule has 0 saturated heterocycles. The first-order chi connectivity index (χ1) is 9.72. The summed E-state index contributed by atoms with van der Waals surface area (Å²) in [6.07, 6.45) is 5.53. The van der Waals surface area contributed by atoms with Gasteiger partial charge < -0.3 is 15.7 Å². The zero-order valence-corrected chi connectivity index (χ0v) is 13.7. The van der Waals surface area contributed by atoms with Crippen LogP contribution in [0.15, 0.2) is 0 Å². The normalized spacial score (nSPS) is 24.2. The Morgan fingerprint density at radius 3 is 2.19 bits per heavy atom. The summed E-state index contributed by atoms with van der Waals surface area (Å²) < 4.78 is 0. The van der Waals surface area contributed by atoms with Gasteiger partial charge in [0.1, 0.15) is 0 Å².